The van der Waals surface area contributed by atoms with Gasteiger partial charge < -0.3 is 20.4 Å². The van der Waals surface area contributed by atoms with Gasteiger partial charge in [0.1, 0.15) is 12.0 Å². The van der Waals surface area contributed by atoms with Crippen molar-refractivity contribution in [3.63, 3.8) is 0 Å². The van der Waals surface area contributed by atoms with Crippen LogP contribution < -0.4 is 15.9 Å². The minimum absolute atomic E-state index is 0.825. The van der Waals surface area contributed by atoms with E-state index in [2.05, 4.69) is 9.37 Å². The second-order valence-corrected chi connectivity index (χ2v) is 5.46. The molecule has 0 atom stereocenters. The van der Waals surface area contributed by atoms with Crippen molar-refractivity contribution in [2.75, 3.05) is 13.1 Å². The highest BCUT2D eigenvalue weighted by molar-refractivity contribution is 7.96. The van der Waals surface area contributed by atoms with Gasteiger partial charge in [-0.3, -0.25) is 14.6 Å². The molecule has 0 aromatic heterocycles. The summed E-state index contributed by atoms with van der Waals surface area (Å²) >= 11 is -0.949. The quantitative estimate of drug-likeness (QED) is 0.114. The highest BCUT2D eigenvalue weighted by atomic mass is 32.2. The van der Waals surface area contributed by atoms with Gasteiger partial charge in [0.25, 0.3) is 0 Å². The average molecular weight is 374 g/mol. The van der Waals surface area contributed by atoms with Gasteiger partial charge in [-0.05, 0) is 0 Å². The largest absolute Gasteiger partial charge is 0.743 e. The normalized spacial score (nSPS) is 12.8. The fraction of sp³-hybridized carbons (Fsp3) is 0.667. The lowest BCUT2D eigenvalue weighted by atomic mass is 10.5. The first kappa shape index (κ1) is 20.8. The fourth-order valence-electron chi connectivity index (χ4n) is 0.766. The topological polar surface area (TPSA) is 157 Å². The number of alkyl halides is 4. The predicted octanol–water partition coefficient (Wildman–Crippen LogP) is -2.18. The van der Waals surface area contributed by atoms with Crippen molar-refractivity contribution in [1.82, 2.24) is 10.6 Å². The second-order valence-electron chi connectivity index (χ2n) is 3.22. The van der Waals surface area contributed by atoms with E-state index < -0.39 is 57.6 Å². The van der Waals surface area contributed by atoms with E-state index in [0.717, 1.165) is 0 Å². The molecule has 2 amide bonds. The van der Waals surface area contributed by atoms with Crippen LogP contribution in [0.3, 0.4) is 0 Å². The summed E-state index contributed by atoms with van der Waals surface area (Å²) in [5.74, 6) is -4.51. The van der Waals surface area contributed by atoms with Crippen molar-refractivity contribution < 1.29 is 54.8 Å². The Morgan fingerprint density at radius 2 is 1.55 bits per heavy atom. The van der Waals surface area contributed by atoms with Crippen LogP contribution in [0.25, 0.3) is 0 Å². The molecular weight excluding hydrogens is 368 g/mol. The molecule has 22 heavy (non-hydrogen) atoms. The first-order chi connectivity index (χ1) is 9.86. The monoisotopic (exact) mass is 374 g/mol. The molecule has 0 aromatic carbocycles. The number of amides is 2. The Hall–Kier alpha value is -1.20. The van der Waals surface area contributed by atoms with Gasteiger partial charge in [-0.1, -0.05) is 0 Å². The minimum atomic E-state index is -6.25. The maximum absolute atomic E-state index is 12.8. The van der Waals surface area contributed by atoms with Crippen molar-refractivity contribution in [3.05, 3.63) is 0 Å². The van der Waals surface area contributed by atoms with Gasteiger partial charge in [0.15, 0.2) is 10.1 Å². The van der Waals surface area contributed by atoms with E-state index in [4.69, 9.17) is 0 Å². The molecule has 0 rings (SSSR count). The van der Waals surface area contributed by atoms with E-state index in [0.29, 0.717) is 0 Å². The number of halogens is 4. The number of carbonyl (C=O) groups excluding carboxylic acids is 2. The molecule has 130 valence electrons. The molecule has 0 aliphatic carbocycles. The third kappa shape index (κ3) is 5.89. The predicted molar refractivity (Wildman–Crippen MR) is 55.4 cm³/mol. The number of carbonyl (C=O) groups is 2. The Labute approximate surface area is 123 Å². The van der Waals surface area contributed by atoms with E-state index in [1.54, 1.807) is 0 Å². The van der Waals surface area contributed by atoms with Crippen molar-refractivity contribution in [1.29, 1.82) is 0 Å². The van der Waals surface area contributed by atoms with Crippen LogP contribution in [-0.4, -0.2) is 48.4 Å². The first-order valence-corrected chi connectivity index (χ1v) is 6.93. The van der Waals surface area contributed by atoms with Gasteiger partial charge in [0.2, 0.25) is 0 Å². The molecule has 2 N–H and O–H groups in total. The maximum atomic E-state index is 12.8. The highest BCUT2D eigenvalue weighted by Crippen LogP contribution is 2.29. The Morgan fingerprint density at radius 1 is 1.09 bits per heavy atom. The van der Waals surface area contributed by atoms with Gasteiger partial charge in [-0.2, -0.15) is 21.9 Å². The summed E-state index contributed by atoms with van der Waals surface area (Å²) in [4.78, 5) is 21.6. The summed E-state index contributed by atoms with van der Waals surface area (Å²) in [6, 6.07) is 0. The summed E-state index contributed by atoms with van der Waals surface area (Å²) in [6.45, 7) is -1.72. The molecule has 0 aliphatic rings. The molecule has 0 heterocycles. The lowest BCUT2D eigenvalue weighted by Gasteiger charge is -2.19. The Balaban J connectivity index is 4.29. The molecule has 0 fully saturated rings. The van der Waals surface area contributed by atoms with E-state index in [1.807, 2.05) is 0 Å². The Morgan fingerprint density at radius 3 is 1.95 bits per heavy atom. The molecule has 0 unspecified atom stereocenters. The molecule has 0 radical (unpaired) electrons. The van der Waals surface area contributed by atoms with Gasteiger partial charge >= 0.3 is 22.3 Å². The molecule has 0 saturated carbocycles. The van der Waals surface area contributed by atoms with Crippen LogP contribution in [0.2, 0.25) is 0 Å². The molecule has 16 heteroatoms. The summed E-state index contributed by atoms with van der Waals surface area (Å²) in [5.41, 5.74) is 0. The van der Waals surface area contributed by atoms with Crippen LogP contribution in [0.15, 0.2) is 0 Å². The molecule has 0 saturated heterocycles. The molecule has 0 bridgehead atoms. The van der Waals surface area contributed by atoms with Crippen molar-refractivity contribution >= 4 is 34.0 Å². The van der Waals surface area contributed by atoms with Crippen LogP contribution in [0.1, 0.15) is 0 Å². The van der Waals surface area contributed by atoms with Gasteiger partial charge in [0.05, 0.1) is 0 Å². The van der Waals surface area contributed by atoms with Gasteiger partial charge in [-0.25, -0.2) is 8.42 Å². The van der Waals surface area contributed by atoms with Crippen LogP contribution in [-0.2, 0) is 29.1 Å². The van der Waals surface area contributed by atoms with Gasteiger partial charge in [-0.15, -0.1) is 0 Å². The lowest BCUT2D eigenvalue weighted by molar-refractivity contribution is -0.777. The van der Waals surface area contributed by atoms with Gasteiger partial charge in [0, 0.05) is 13.1 Å². The standard InChI is InChI=1S/C6H8F4N2O8S2/c7-5(8,21-20-19-15)3(13)11-1-2-12-4(14)6(9,10)22(16,17)18/h15H,1-2H2,(H,11,13)(H,12,14)(H,16,17,18)/p-2. The Kier molecular flexibility index (Phi) is 7.45. The average Bonchev–Trinajstić information content (AvgIpc) is 2.39. The highest BCUT2D eigenvalue weighted by Gasteiger charge is 2.46. The minimum Gasteiger partial charge on any atom is -0.743 e. The number of nitrogens with one attached hydrogen (secondary N) is 2. The van der Waals surface area contributed by atoms with Crippen LogP contribution in [0.5, 0.6) is 0 Å². The number of hydrogen-bond donors (Lipinski definition) is 2. The zero-order chi connectivity index (χ0) is 17.6. The summed E-state index contributed by atoms with van der Waals surface area (Å²) in [7, 11) is -6.25. The van der Waals surface area contributed by atoms with E-state index in [9.17, 15) is 45.4 Å². The first-order valence-electron chi connectivity index (χ1n) is 4.78. The van der Waals surface area contributed by atoms with E-state index >= 15 is 0 Å². The van der Waals surface area contributed by atoms with Crippen molar-refractivity contribution in [2.24, 2.45) is 0 Å². The lowest BCUT2D eigenvalue weighted by Crippen LogP contribution is -2.48. The molecule has 0 spiro atoms. The van der Waals surface area contributed by atoms with E-state index in [-0.39, 0.29) is 0 Å². The number of hydrogen-bond acceptors (Lipinski definition) is 9. The van der Waals surface area contributed by atoms with Crippen molar-refractivity contribution in [2.45, 2.75) is 10.5 Å². The fourth-order valence-corrected chi connectivity index (χ4v) is 1.33. The third-order valence-corrected chi connectivity index (χ3v) is 3.04. The van der Waals surface area contributed by atoms with Crippen LogP contribution >= 0.6 is 12.0 Å². The zero-order valence-corrected chi connectivity index (χ0v) is 11.6. The maximum Gasteiger partial charge on any atom is 0.410 e. The summed E-state index contributed by atoms with van der Waals surface area (Å²) in [6.07, 6.45) is 0. The zero-order valence-electron chi connectivity index (χ0n) is 10.0. The molecule has 10 nitrogen and oxygen atoms in total. The summed E-state index contributed by atoms with van der Waals surface area (Å²) in [5, 5.41) is 5.05. The van der Waals surface area contributed by atoms with Crippen LogP contribution in [0, 0.1) is 0 Å². The van der Waals surface area contributed by atoms with Crippen molar-refractivity contribution in [3.8, 4) is 0 Å². The SMILES string of the molecule is O=C(NCCNC(=O)C(F)(F)S(=O)(=O)[O-])C(F)(F)SOO[O-]. The van der Waals surface area contributed by atoms with E-state index in [1.165, 1.54) is 10.6 Å². The van der Waals surface area contributed by atoms with Crippen LogP contribution in [0.4, 0.5) is 17.6 Å². The third-order valence-electron chi connectivity index (χ3n) is 1.71. The second kappa shape index (κ2) is 7.88. The summed E-state index contributed by atoms with van der Waals surface area (Å²) < 4.78 is 84.4. The molecule has 0 aromatic rings. The number of rotatable bonds is 9. The smallest absolute Gasteiger partial charge is 0.410 e. The Bertz CT molecular complexity index is 513. The molecular formula is C6H6F4N2O8S2-2. The molecule has 0 aliphatic heterocycles.